The Hall–Kier alpha value is -2.79. The minimum absolute atomic E-state index is 0.0840. The van der Waals surface area contributed by atoms with Crippen LogP contribution in [0.2, 0.25) is 5.02 Å². The maximum Gasteiger partial charge on any atom is 0.407 e. The maximum atomic E-state index is 12.9. The topological polar surface area (TPSA) is 120 Å². The molecule has 0 aromatic heterocycles. The molecule has 1 aliphatic heterocycles. The van der Waals surface area contributed by atoms with Crippen molar-refractivity contribution in [2.45, 2.75) is 69.9 Å². The van der Waals surface area contributed by atoms with Crippen molar-refractivity contribution < 1.29 is 19.1 Å². The third kappa shape index (κ3) is 7.63. The first-order valence-electron chi connectivity index (χ1n) is 11.8. The Morgan fingerprint density at radius 3 is 2.68 bits per heavy atom. The highest BCUT2D eigenvalue weighted by molar-refractivity contribution is 6.30. The number of nitrogens with one attached hydrogen (secondary N) is 3. The van der Waals surface area contributed by atoms with Crippen LogP contribution < -0.4 is 16.0 Å². The van der Waals surface area contributed by atoms with E-state index in [0.29, 0.717) is 30.3 Å². The molecule has 1 aromatic carbocycles. The van der Waals surface area contributed by atoms with E-state index in [2.05, 4.69) is 22.0 Å². The number of hydrogen-bond donors (Lipinski definition) is 3. The van der Waals surface area contributed by atoms with E-state index < -0.39 is 29.5 Å². The van der Waals surface area contributed by atoms with E-state index in [1.165, 1.54) is 0 Å². The van der Waals surface area contributed by atoms with Crippen molar-refractivity contribution in [3.05, 3.63) is 34.9 Å². The average Bonchev–Trinajstić information content (AvgIpc) is 3.62. The molecular weight excluding hydrogens is 456 g/mol. The Morgan fingerprint density at radius 1 is 1.26 bits per heavy atom. The van der Waals surface area contributed by atoms with E-state index in [9.17, 15) is 19.6 Å². The molecule has 3 amide bonds. The molecule has 2 fully saturated rings. The van der Waals surface area contributed by atoms with Crippen molar-refractivity contribution in [1.82, 2.24) is 16.0 Å². The number of nitrogens with zero attached hydrogens (tertiary/aromatic N) is 1. The number of amides is 3. The molecule has 3 atom stereocenters. The summed E-state index contributed by atoms with van der Waals surface area (Å²) in [6, 6.07) is 7.86. The summed E-state index contributed by atoms with van der Waals surface area (Å²) in [7, 11) is 0. The highest BCUT2D eigenvalue weighted by atomic mass is 35.5. The predicted octanol–water partition coefficient (Wildman–Crippen LogP) is 3.44. The van der Waals surface area contributed by atoms with Gasteiger partial charge in [0.2, 0.25) is 11.8 Å². The van der Waals surface area contributed by atoms with Gasteiger partial charge in [-0.05, 0) is 49.3 Å². The molecule has 0 unspecified atom stereocenters. The molecule has 1 saturated carbocycles. The van der Waals surface area contributed by atoms with Gasteiger partial charge in [0.15, 0.2) is 0 Å². The second kappa shape index (κ2) is 11.6. The summed E-state index contributed by atoms with van der Waals surface area (Å²) in [6.07, 6.45) is 3.61. The van der Waals surface area contributed by atoms with Gasteiger partial charge in [0.1, 0.15) is 18.7 Å². The second-order valence-corrected chi connectivity index (χ2v) is 10.3. The third-order valence-electron chi connectivity index (χ3n) is 6.44. The first kappa shape index (κ1) is 25.8. The summed E-state index contributed by atoms with van der Waals surface area (Å²) in [5.41, 5.74) is 0.465. The zero-order valence-corrected chi connectivity index (χ0v) is 20.5. The van der Waals surface area contributed by atoms with Crippen LogP contribution in [-0.4, -0.2) is 43.1 Å². The van der Waals surface area contributed by atoms with Gasteiger partial charge in [-0.3, -0.25) is 9.59 Å². The predicted molar refractivity (Wildman–Crippen MR) is 128 cm³/mol. The first-order chi connectivity index (χ1) is 16.2. The Balaban J connectivity index is 1.55. The summed E-state index contributed by atoms with van der Waals surface area (Å²) in [6.45, 7) is 4.63. The standard InChI is InChI=1S/C25H33ClN4O4/c1-25(2,18-6-3-7-19(26)13-18)15-34-24(33)30-21(11-16-8-9-16)23(32)29-20(14-27)12-17-5-4-10-28-22(17)31/h3,6-7,13,16-17,20-21H,4-5,8-12,15H2,1-2H3,(H,28,31)(H,29,32)(H,30,33)/t17-,20-,21-/m0/s1. The molecule has 184 valence electrons. The fraction of sp³-hybridized carbons (Fsp3) is 0.600. The van der Waals surface area contributed by atoms with Gasteiger partial charge in [-0.25, -0.2) is 4.79 Å². The van der Waals surface area contributed by atoms with E-state index in [1.54, 1.807) is 6.07 Å². The normalized spacial score (nSPS) is 19.8. The number of ether oxygens (including phenoxy) is 1. The number of rotatable bonds is 10. The van der Waals surface area contributed by atoms with Gasteiger partial charge in [0.25, 0.3) is 0 Å². The Kier molecular flexibility index (Phi) is 8.78. The van der Waals surface area contributed by atoms with Gasteiger partial charge in [-0.15, -0.1) is 0 Å². The van der Waals surface area contributed by atoms with E-state index >= 15 is 0 Å². The van der Waals surface area contributed by atoms with Crippen molar-refractivity contribution in [2.24, 2.45) is 11.8 Å². The van der Waals surface area contributed by atoms with Gasteiger partial charge >= 0.3 is 6.09 Å². The third-order valence-corrected chi connectivity index (χ3v) is 6.67. The number of hydrogen-bond acceptors (Lipinski definition) is 5. The lowest BCUT2D eigenvalue weighted by Crippen LogP contribution is -2.51. The van der Waals surface area contributed by atoms with Crippen LogP contribution in [0, 0.1) is 23.2 Å². The fourth-order valence-corrected chi connectivity index (χ4v) is 4.29. The second-order valence-electron chi connectivity index (χ2n) is 9.90. The van der Waals surface area contributed by atoms with Crippen LogP contribution in [0.1, 0.15) is 57.9 Å². The molecule has 1 heterocycles. The summed E-state index contributed by atoms with van der Waals surface area (Å²) in [5, 5.41) is 18.3. The average molecular weight is 489 g/mol. The number of carbonyl (C=O) groups is 3. The number of carbonyl (C=O) groups excluding carboxylic acids is 3. The SMILES string of the molecule is CC(C)(COC(=O)N[C@@H](CC1CC1)C(=O)N[C@H](C#N)C[C@@H]1CCCNC1=O)c1cccc(Cl)c1. The van der Waals surface area contributed by atoms with Crippen LogP contribution in [-0.2, 0) is 19.7 Å². The Bertz CT molecular complexity index is 941. The fourth-order valence-electron chi connectivity index (χ4n) is 4.10. The minimum atomic E-state index is -0.803. The number of piperidine rings is 1. The van der Waals surface area contributed by atoms with Gasteiger partial charge in [-0.1, -0.05) is 50.4 Å². The van der Waals surface area contributed by atoms with Gasteiger partial charge < -0.3 is 20.7 Å². The molecule has 2 aliphatic rings. The number of nitriles is 1. The highest BCUT2D eigenvalue weighted by Crippen LogP contribution is 2.33. The first-order valence-corrected chi connectivity index (χ1v) is 12.2. The number of alkyl carbamates (subject to hydrolysis) is 1. The Morgan fingerprint density at radius 2 is 2.03 bits per heavy atom. The molecule has 8 nitrogen and oxygen atoms in total. The van der Waals surface area contributed by atoms with E-state index in [-0.39, 0.29) is 24.9 Å². The molecule has 1 aliphatic carbocycles. The van der Waals surface area contributed by atoms with Crippen molar-refractivity contribution in [3.63, 3.8) is 0 Å². The van der Waals surface area contributed by atoms with Crippen molar-refractivity contribution in [1.29, 1.82) is 5.26 Å². The lowest BCUT2D eigenvalue weighted by molar-refractivity contribution is -0.128. The number of halogens is 1. The monoisotopic (exact) mass is 488 g/mol. The van der Waals surface area contributed by atoms with E-state index in [1.807, 2.05) is 32.0 Å². The molecule has 34 heavy (non-hydrogen) atoms. The van der Waals surface area contributed by atoms with Crippen LogP contribution in [0.25, 0.3) is 0 Å². The molecule has 3 rings (SSSR count). The van der Waals surface area contributed by atoms with Crippen LogP contribution >= 0.6 is 11.6 Å². The molecule has 0 bridgehead atoms. The zero-order chi connectivity index (χ0) is 24.7. The van der Waals surface area contributed by atoms with Crippen molar-refractivity contribution in [2.75, 3.05) is 13.2 Å². The van der Waals surface area contributed by atoms with Crippen LogP contribution in [0.15, 0.2) is 24.3 Å². The van der Waals surface area contributed by atoms with Gasteiger partial charge in [0, 0.05) is 22.9 Å². The molecule has 9 heteroatoms. The zero-order valence-electron chi connectivity index (χ0n) is 19.7. The summed E-state index contributed by atoms with van der Waals surface area (Å²) in [5.74, 6) is -0.448. The molecule has 3 N–H and O–H groups in total. The van der Waals surface area contributed by atoms with Crippen LogP contribution in [0.5, 0.6) is 0 Å². The summed E-state index contributed by atoms with van der Waals surface area (Å²) >= 11 is 6.08. The smallest absolute Gasteiger partial charge is 0.407 e. The summed E-state index contributed by atoms with van der Waals surface area (Å²) < 4.78 is 5.46. The number of benzene rings is 1. The minimum Gasteiger partial charge on any atom is -0.449 e. The quantitative estimate of drug-likeness (QED) is 0.466. The Labute approximate surface area is 205 Å². The van der Waals surface area contributed by atoms with Crippen molar-refractivity contribution >= 4 is 29.5 Å². The molecule has 0 spiro atoms. The summed E-state index contributed by atoms with van der Waals surface area (Å²) in [4.78, 5) is 37.5. The highest BCUT2D eigenvalue weighted by Gasteiger charge is 2.33. The van der Waals surface area contributed by atoms with E-state index in [0.717, 1.165) is 24.8 Å². The largest absolute Gasteiger partial charge is 0.449 e. The van der Waals surface area contributed by atoms with Crippen LogP contribution in [0.3, 0.4) is 0 Å². The van der Waals surface area contributed by atoms with Crippen molar-refractivity contribution in [3.8, 4) is 6.07 Å². The molecule has 0 radical (unpaired) electrons. The van der Waals surface area contributed by atoms with Gasteiger partial charge in [-0.2, -0.15) is 5.26 Å². The lowest BCUT2D eigenvalue weighted by Gasteiger charge is -2.27. The van der Waals surface area contributed by atoms with Gasteiger partial charge in [0.05, 0.1) is 6.07 Å². The molecular formula is C25H33ClN4O4. The molecule has 1 saturated heterocycles. The lowest BCUT2D eigenvalue weighted by atomic mass is 9.86. The van der Waals surface area contributed by atoms with Crippen LogP contribution in [0.4, 0.5) is 4.79 Å². The van der Waals surface area contributed by atoms with E-state index in [4.69, 9.17) is 16.3 Å². The molecule has 1 aromatic rings. The maximum absolute atomic E-state index is 12.9.